The molecular weight excluding hydrogens is 489 g/mol. The lowest BCUT2D eigenvalue weighted by Gasteiger charge is -2.42. The predicted octanol–water partition coefficient (Wildman–Crippen LogP) is 5.89. The average Bonchev–Trinajstić information content (AvgIpc) is 3.69. The number of rotatable bonds is 5. The molecule has 4 aromatic heterocycles. The minimum absolute atomic E-state index is 0.0289. The summed E-state index contributed by atoms with van der Waals surface area (Å²) in [5.74, 6) is 1.05. The molecule has 8 heteroatoms. The Morgan fingerprint density at radius 1 is 1.05 bits per heavy atom. The van der Waals surface area contributed by atoms with E-state index < -0.39 is 0 Å². The molecule has 7 nitrogen and oxygen atoms in total. The number of hydrogen-bond acceptors (Lipinski definition) is 6. The van der Waals surface area contributed by atoms with Crippen LogP contribution in [0.2, 0.25) is 0 Å². The third-order valence-electron chi connectivity index (χ3n) is 8.58. The molecule has 1 saturated heterocycles. The van der Waals surface area contributed by atoms with Crippen molar-refractivity contribution in [2.75, 3.05) is 13.1 Å². The summed E-state index contributed by atoms with van der Waals surface area (Å²) in [5.41, 5.74) is 12.8. The Balaban J connectivity index is 1.43. The summed E-state index contributed by atoms with van der Waals surface area (Å²) >= 11 is 0. The van der Waals surface area contributed by atoms with E-state index in [2.05, 4.69) is 34.1 Å². The third kappa shape index (κ3) is 4.19. The zero-order valence-corrected chi connectivity index (χ0v) is 22.2. The van der Waals surface area contributed by atoms with Gasteiger partial charge < -0.3 is 16.0 Å². The highest BCUT2D eigenvalue weighted by Gasteiger charge is 2.39. The molecule has 0 amide bonds. The Bertz CT molecular complexity index is 1700. The number of hydrogen-bond donors (Lipinski definition) is 3. The Kier molecular flexibility index (Phi) is 5.72. The topological polar surface area (TPSA) is 105 Å². The maximum atomic E-state index is 14.6. The number of fused-ring (bicyclic) bond motifs is 2. The monoisotopic (exact) mass is 521 g/mol. The molecule has 2 aliphatic rings. The second kappa shape index (κ2) is 9.17. The highest BCUT2D eigenvalue weighted by molar-refractivity contribution is 5.96. The van der Waals surface area contributed by atoms with Gasteiger partial charge in [0, 0.05) is 40.8 Å². The van der Waals surface area contributed by atoms with Crippen molar-refractivity contribution in [1.29, 1.82) is 0 Å². The molecule has 1 saturated carbocycles. The number of halogens is 1. The van der Waals surface area contributed by atoms with E-state index in [4.69, 9.17) is 15.7 Å². The maximum absolute atomic E-state index is 14.6. The van der Waals surface area contributed by atoms with Crippen molar-refractivity contribution in [2.24, 2.45) is 17.1 Å². The molecule has 0 bridgehead atoms. The van der Waals surface area contributed by atoms with Crippen molar-refractivity contribution in [3.63, 3.8) is 0 Å². The minimum atomic E-state index is -0.288. The van der Waals surface area contributed by atoms with Gasteiger partial charge in [0.15, 0.2) is 5.82 Å². The van der Waals surface area contributed by atoms with Gasteiger partial charge in [-0.1, -0.05) is 26.0 Å². The van der Waals surface area contributed by atoms with E-state index >= 15 is 0 Å². The van der Waals surface area contributed by atoms with Gasteiger partial charge in [0.05, 0.1) is 29.1 Å². The smallest absolute Gasteiger partial charge is 0.160 e. The summed E-state index contributed by atoms with van der Waals surface area (Å²) in [4.78, 5) is 22.6. The van der Waals surface area contributed by atoms with Gasteiger partial charge in [-0.25, -0.2) is 19.3 Å². The first-order valence-electron chi connectivity index (χ1n) is 13.8. The summed E-state index contributed by atoms with van der Waals surface area (Å²) in [6.07, 6.45) is 8.84. The second-order valence-corrected chi connectivity index (χ2v) is 11.7. The maximum Gasteiger partial charge on any atom is 0.160 e. The van der Waals surface area contributed by atoms with Crippen LogP contribution < -0.4 is 11.1 Å². The van der Waals surface area contributed by atoms with Crippen LogP contribution >= 0.6 is 0 Å². The number of aromatic nitrogens is 5. The third-order valence-corrected chi connectivity index (χ3v) is 8.58. The molecule has 39 heavy (non-hydrogen) atoms. The molecule has 198 valence electrons. The predicted molar refractivity (Wildman–Crippen MR) is 151 cm³/mol. The second-order valence-electron chi connectivity index (χ2n) is 11.7. The van der Waals surface area contributed by atoms with E-state index in [9.17, 15) is 4.39 Å². The van der Waals surface area contributed by atoms with Crippen molar-refractivity contribution in [3.05, 3.63) is 72.1 Å². The molecule has 4 N–H and O–H groups in total. The lowest BCUT2D eigenvalue weighted by molar-refractivity contribution is 0.128. The quantitative estimate of drug-likeness (QED) is 0.266. The fourth-order valence-corrected chi connectivity index (χ4v) is 6.30. The Morgan fingerprint density at radius 2 is 1.90 bits per heavy atom. The molecule has 2 unspecified atom stereocenters. The minimum Gasteiger partial charge on any atom is -0.339 e. The van der Waals surface area contributed by atoms with Gasteiger partial charge in [-0.05, 0) is 72.9 Å². The van der Waals surface area contributed by atoms with E-state index in [0.29, 0.717) is 28.6 Å². The molecule has 7 rings (SSSR count). The summed E-state index contributed by atoms with van der Waals surface area (Å²) in [6.45, 7) is 6.44. The molecule has 0 radical (unpaired) electrons. The highest BCUT2D eigenvalue weighted by atomic mass is 19.1. The molecule has 1 aliphatic carbocycles. The van der Waals surface area contributed by atoms with Crippen LogP contribution in [-0.2, 0) is 0 Å². The number of H-pyrrole nitrogens is 1. The first-order chi connectivity index (χ1) is 18.9. The number of nitrogens with one attached hydrogen (secondary N) is 2. The van der Waals surface area contributed by atoms with E-state index in [-0.39, 0.29) is 23.2 Å². The van der Waals surface area contributed by atoms with Crippen molar-refractivity contribution in [1.82, 2.24) is 30.2 Å². The number of piperidine rings is 1. The van der Waals surface area contributed by atoms with Crippen LogP contribution in [0.5, 0.6) is 0 Å². The lowest BCUT2D eigenvalue weighted by atomic mass is 9.70. The van der Waals surface area contributed by atoms with Gasteiger partial charge >= 0.3 is 0 Å². The first kappa shape index (κ1) is 24.3. The summed E-state index contributed by atoms with van der Waals surface area (Å²) in [7, 11) is 0. The molecule has 5 heterocycles. The zero-order chi connectivity index (χ0) is 26.7. The largest absolute Gasteiger partial charge is 0.339 e. The normalized spacial score (nSPS) is 19.9. The highest BCUT2D eigenvalue weighted by Crippen LogP contribution is 2.46. The lowest BCUT2D eigenvalue weighted by Crippen LogP contribution is -2.47. The van der Waals surface area contributed by atoms with Gasteiger partial charge in [-0.2, -0.15) is 0 Å². The van der Waals surface area contributed by atoms with Crippen LogP contribution in [0.15, 0.2) is 55.0 Å². The van der Waals surface area contributed by atoms with Gasteiger partial charge in [0.1, 0.15) is 11.5 Å². The first-order valence-corrected chi connectivity index (χ1v) is 13.8. The van der Waals surface area contributed by atoms with Crippen LogP contribution in [-0.4, -0.2) is 38.0 Å². The fraction of sp³-hybridized carbons (Fsp3) is 0.355. The Morgan fingerprint density at radius 3 is 2.69 bits per heavy atom. The number of aromatic amines is 1. The van der Waals surface area contributed by atoms with Crippen LogP contribution in [0.25, 0.3) is 44.6 Å². The molecular formula is C31H32FN7. The Hall–Kier alpha value is -3.75. The van der Waals surface area contributed by atoms with Crippen LogP contribution in [0, 0.1) is 17.2 Å². The van der Waals surface area contributed by atoms with Crippen LogP contribution in [0.4, 0.5) is 4.39 Å². The van der Waals surface area contributed by atoms with E-state index in [1.165, 1.54) is 11.6 Å². The SMILES string of the molecule is CC1(C)CNCCC1C(N)c1nc(-c2ccnc3[nH]c(-c4ccccc4F)cc23)nc2cncc(C3CC3)c12. The average molecular weight is 522 g/mol. The number of pyridine rings is 2. The molecule has 1 aromatic carbocycles. The Labute approximate surface area is 226 Å². The van der Waals surface area contributed by atoms with Gasteiger partial charge in [0.25, 0.3) is 0 Å². The summed E-state index contributed by atoms with van der Waals surface area (Å²) in [5, 5.41) is 5.43. The zero-order valence-electron chi connectivity index (χ0n) is 22.2. The molecule has 5 aromatic rings. The van der Waals surface area contributed by atoms with Gasteiger partial charge in [-0.15, -0.1) is 0 Å². The summed E-state index contributed by atoms with van der Waals surface area (Å²) in [6, 6.07) is 10.3. The van der Waals surface area contributed by atoms with Crippen molar-refractivity contribution in [2.45, 2.75) is 45.1 Å². The molecule has 2 atom stereocenters. The standard InChI is InChI=1S/C31H32FN7/c1-31(2)16-34-11-10-22(31)27(33)28-26-21(17-7-8-17)14-35-15-25(26)38-30(39-28)18-9-12-36-29-20(18)13-24(37-29)19-5-3-4-6-23(19)32/h3-6,9,12-15,17,22,27,34H,7-8,10-11,16,33H2,1-2H3,(H,36,37). The number of nitrogens with zero attached hydrogens (tertiary/aromatic N) is 4. The van der Waals surface area contributed by atoms with Crippen LogP contribution in [0.1, 0.15) is 56.3 Å². The number of benzene rings is 1. The number of nitrogens with two attached hydrogens (primary N) is 1. The van der Waals surface area contributed by atoms with E-state index in [0.717, 1.165) is 59.9 Å². The van der Waals surface area contributed by atoms with Crippen molar-refractivity contribution < 1.29 is 4.39 Å². The molecule has 1 aliphatic heterocycles. The van der Waals surface area contributed by atoms with E-state index in [1.54, 1.807) is 18.3 Å². The van der Waals surface area contributed by atoms with Crippen molar-refractivity contribution >= 4 is 21.9 Å². The molecule has 2 fully saturated rings. The van der Waals surface area contributed by atoms with Gasteiger partial charge in [0.2, 0.25) is 0 Å². The van der Waals surface area contributed by atoms with Gasteiger partial charge in [-0.3, -0.25) is 4.98 Å². The summed E-state index contributed by atoms with van der Waals surface area (Å²) < 4.78 is 14.6. The molecule has 0 spiro atoms. The van der Waals surface area contributed by atoms with E-state index in [1.807, 2.05) is 30.6 Å². The van der Waals surface area contributed by atoms with Crippen LogP contribution in [0.3, 0.4) is 0 Å². The fourth-order valence-electron chi connectivity index (χ4n) is 6.30. The van der Waals surface area contributed by atoms with Crippen molar-refractivity contribution in [3.8, 4) is 22.6 Å².